The maximum atomic E-state index is 12.7. The fourth-order valence-electron chi connectivity index (χ4n) is 1.36. The quantitative estimate of drug-likeness (QED) is 0.489. The number of rotatable bonds is 1. The summed E-state index contributed by atoms with van der Waals surface area (Å²) in [5.74, 6) is 0.668. The third-order valence-corrected chi connectivity index (χ3v) is 3.38. The summed E-state index contributed by atoms with van der Waals surface area (Å²) in [6.07, 6.45) is 2.54. The highest BCUT2D eigenvalue weighted by molar-refractivity contribution is 14.1. The van der Waals surface area contributed by atoms with E-state index in [-0.39, 0.29) is 0 Å². The second-order valence-corrected chi connectivity index (χ2v) is 4.38. The minimum absolute atomic E-state index is 0.299. The number of hydrogen-bond acceptors (Lipinski definition) is 0. The Hall–Kier alpha value is 0.660. The van der Waals surface area contributed by atoms with Gasteiger partial charge >= 0.3 is 0 Å². The molecular weight excluding hydrogens is 230 g/mol. The maximum absolute atomic E-state index is 12.7. The zero-order valence-corrected chi connectivity index (χ0v) is 7.77. The van der Waals surface area contributed by atoms with E-state index in [9.17, 15) is 4.39 Å². The lowest BCUT2D eigenvalue weighted by atomic mass is 10.1. The lowest BCUT2D eigenvalue weighted by Gasteiger charge is -2.00. The van der Waals surface area contributed by atoms with Crippen LogP contribution in [-0.2, 0) is 0 Å². The van der Waals surface area contributed by atoms with E-state index in [0.717, 1.165) is 19.3 Å². The molecule has 0 aliphatic heterocycles. The van der Waals surface area contributed by atoms with Gasteiger partial charge in [-0.3, -0.25) is 0 Å². The molecule has 0 N–H and O–H groups in total. The fourth-order valence-corrected chi connectivity index (χ4v) is 2.37. The van der Waals surface area contributed by atoms with E-state index in [1.165, 1.54) is 0 Å². The van der Waals surface area contributed by atoms with Gasteiger partial charge in [0.05, 0.1) is 0 Å². The first kappa shape index (κ1) is 7.76. The van der Waals surface area contributed by atoms with Gasteiger partial charge < -0.3 is 0 Å². The van der Waals surface area contributed by atoms with E-state index < -0.39 is 6.17 Å². The van der Waals surface area contributed by atoms with Crippen LogP contribution in [0, 0.1) is 5.92 Å². The summed E-state index contributed by atoms with van der Waals surface area (Å²) in [5, 5.41) is 0. The molecule has 0 radical (unpaired) electrons. The largest absolute Gasteiger partial charge is 0.246 e. The van der Waals surface area contributed by atoms with Crippen LogP contribution in [0.3, 0.4) is 0 Å². The minimum Gasteiger partial charge on any atom is -0.246 e. The highest BCUT2D eigenvalue weighted by atomic mass is 127. The topological polar surface area (TPSA) is 0 Å². The van der Waals surface area contributed by atoms with Crippen LogP contribution in [0.25, 0.3) is 0 Å². The van der Waals surface area contributed by atoms with E-state index in [4.69, 9.17) is 0 Å². The fraction of sp³-hybridized carbons (Fsp3) is 1.00. The molecule has 0 nitrogen and oxygen atoms in total. The Balaban J connectivity index is 2.35. The van der Waals surface area contributed by atoms with Crippen LogP contribution in [0.1, 0.15) is 26.2 Å². The van der Waals surface area contributed by atoms with Gasteiger partial charge in [-0.1, -0.05) is 35.9 Å². The molecule has 0 aromatic carbocycles. The van der Waals surface area contributed by atoms with Gasteiger partial charge in [-0.05, 0) is 18.8 Å². The van der Waals surface area contributed by atoms with Crippen molar-refractivity contribution in [2.24, 2.45) is 5.92 Å². The van der Waals surface area contributed by atoms with Crippen LogP contribution in [0.2, 0.25) is 0 Å². The van der Waals surface area contributed by atoms with Crippen molar-refractivity contribution in [1.82, 2.24) is 0 Å². The molecule has 0 aromatic heterocycles. The minimum atomic E-state index is -0.518. The van der Waals surface area contributed by atoms with Gasteiger partial charge in [-0.2, -0.15) is 0 Å². The molecule has 0 spiro atoms. The lowest BCUT2D eigenvalue weighted by molar-refractivity contribution is 0.338. The summed E-state index contributed by atoms with van der Waals surface area (Å²) in [7, 11) is 0. The highest BCUT2D eigenvalue weighted by Gasteiger charge is 2.30. The first-order valence-corrected chi connectivity index (χ1v) is 4.76. The molecule has 1 aliphatic rings. The monoisotopic (exact) mass is 242 g/mol. The first-order valence-electron chi connectivity index (χ1n) is 3.52. The van der Waals surface area contributed by atoms with Crippen molar-refractivity contribution in [2.45, 2.75) is 36.3 Å². The van der Waals surface area contributed by atoms with E-state index >= 15 is 0 Å². The molecule has 1 fully saturated rings. The number of alkyl halides is 2. The van der Waals surface area contributed by atoms with Gasteiger partial charge in [-0.15, -0.1) is 0 Å². The summed E-state index contributed by atoms with van der Waals surface area (Å²) in [5.41, 5.74) is 0. The Morgan fingerprint density at radius 3 is 2.44 bits per heavy atom. The Bertz CT molecular complexity index is 84.9. The maximum Gasteiger partial charge on any atom is 0.112 e. The van der Waals surface area contributed by atoms with Crippen molar-refractivity contribution >= 4 is 22.6 Å². The average molecular weight is 242 g/mol. The van der Waals surface area contributed by atoms with Crippen molar-refractivity contribution in [3.63, 3.8) is 0 Å². The van der Waals surface area contributed by atoms with Crippen molar-refractivity contribution in [1.29, 1.82) is 0 Å². The Morgan fingerprint density at radius 2 is 2.22 bits per heavy atom. The molecule has 0 bridgehead atoms. The number of halogens is 2. The molecule has 9 heavy (non-hydrogen) atoms. The standard InChI is InChI=1S/C7H12FI/c1-2-5-3-6(8)7(9)4-5/h5-7H,2-4H2,1H3/t5-,6-,7-/m1/s1. The molecule has 0 saturated heterocycles. The van der Waals surface area contributed by atoms with Crippen molar-refractivity contribution in [3.8, 4) is 0 Å². The van der Waals surface area contributed by atoms with Crippen LogP contribution in [0.4, 0.5) is 4.39 Å². The summed E-state index contributed by atoms with van der Waals surface area (Å²) >= 11 is 2.22. The molecule has 1 saturated carbocycles. The molecule has 0 unspecified atom stereocenters. The van der Waals surface area contributed by atoms with Crippen molar-refractivity contribution in [2.75, 3.05) is 0 Å². The second-order valence-electron chi connectivity index (χ2n) is 2.78. The van der Waals surface area contributed by atoms with Crippen LogP contribution >= 0.6 is 22.6 Å². The van der Waals surface area contributed by atoms with E-state index in [1.54, 1.807) is 0 Å². The van der Waals surface area contributed by atoms with E-state index in [2.05, 4.69) is 29.5 Å². The summed E-state index contributed by atoms with van der Waals surface area (Å²) in [6, 6.07) is 0. The average Bonchev–Trinajstić information content (AvgIpc) is 2.13. The molecular formula is C7H12FI. The lowest BCUT2D eigenvalue weighted by Crippen LogP contribution is -2.04. The van der Waals surface area contributed by atoms with Crippen LogP contribution in [0.15, 0.2) is 0 Å². The highest BCUT2D eigenvalue weighted by Crippen LogP contribution is 2.35. The zero-order chi connectivity index (χ0) is 6.85. The normalized spacial score (nSPS) is 43.7. The molecule has 0 amide bonds. The van der Waals surface area contributed by atoms with Crippen LogP contribution in [0.5, 0.6) is 0 Å². The van der Waals surface area contributed by atoms with Crippen LogP contribution in [-0.4, -0.2) is 10.1 Å². The third-order valence-electron chi connectivity index (χ3n) is 2.09. The molecule has 3 atom stereocenters. The van der Waals surface area contributed by atoms with Gasteiger partial charge in [-0.25, -0.2) is 4.39 Å². The summed E-state index contributed by atoms with van der Waals surface area (Å²) < 4.78 is 13.0. The Labute approximate surface area is 69.4 Å². The molecule has 0 aromatic rings. The van der Waals surface area contributed by atoms with Crippen molar-refractivity contribution < 1.29 is 4.39 Å². The predicted octanol–water partition coefficient (Wildman–Crippen LogP) is 2.95. The molecule has 0 heterocycles. The molecule has 1 aliphatic carbocycles. The summed E-state index contributed by atoms with van der Waals surface area (Å²) in [6.45, 7) is 2.14. The van der Waals surface area contributed by atoms with Gasteiger partial charge in [0.15, 0.2) is 0 Å². The van der Waals surface area contributed by atoms with E-state index in [1.807, 2.05) is 0 Å². The Morgan fingerprint density at radius 1 is 1.56 bits per heavy atom. The molecule has 2 heteroatoms. The Kier molecular flexibility index (Phi) is 2.73. The molecule has 54 valence electrons. The van der Waals surface area contributed by atoms with Gasteiger partial charge in [0, 0.05) is 3.92 Å². The predicted molar refractivity (Wildman–Crippen MR) is 45.7 cm³/mol. The van der Waals surface area contributed by atoms with Gasteiger partial charge in [0.25, 0.3) is 0 Å². The third kappa shape index (κ3) is 1.79. The van der Waals surface area contributed by atoms with Gasteiger partial charge in [0.2, 0.25) is 0 Å². The molecule has 1 rings (SSSR count). The smallest absolute Gasteiger partial charge is 0.112 e. The van der Waals surface area contributed by atoms with Crippen molar-refractivity contribution in [3.05, 3.63) is 0 Å². The van der Waals surface area contributed by atoms with Gasteiger partial charge in [0.1, 0.15) is 6.17 Å². The second kappa shape index (κ2) is 3.17. The number of hydrogen-bond donors (Lipinski definition) is 0. The first-order chi connectivity index (χ1) is 4.24. The summed E-state index contributed by atoms with van der Waals surface area (Å²) in [4.78, 5) is 0. The SMILES string of the molecule is CC[C@@H]1C[C@@H](F)[C@H](I)C1. The van der Waals surface area contributed by atoms with E-state index in [0.29, 0.717) is 9.84 Å². The zero-order valence-electron chi connectivity index (χ0n) is 5.61. The van der Waals surface area contributed by atoms with Crippen LogP contribution < -0.4 is 0 Å².